The van der Waals surface area contributed by atoms with Crippen LogP contribution in [0.1, 0.15) is 27.3 Å². The third-order valence-corrected chi connectivity index (χ3v) is 8.69. The lowest BCUT2D eigenvalue weighted by Gasteiger charge is -2.37. The predicted molar refractivity (Wildman–Crippen MR) is 184 cm³/mol. The van der Waals surface area contributed by atoms with E-state index in [0.29, 0.717) is 11.0 Å². The zero-order valence-electron chi connectivity index (χ0n) is 25.2. The Labute approximate surface area is 270 Å². The summed E-state index contributed by atoms with van der Waals surface area (Å²) in [5.74, 6) is 4.99. The summed E-state index contributed by atoms with van der Waals surface area (Å²) in [6.07, 6.45) is 3.58. The Bertz CT molecular complexity index is 2240. The lowest BCUT2D eigenvalue weighted by atomic mass is 9.77. The third-order valence-electron chi connectivity index (χ3n) is 8.69. The van der Waals surface area contributed by atoms with Crippen molar-refractivity contribution in [1.29, 1.82) is 0 Å². The minimum atomic E-state index is -0.855. The number of nitrogens with one attached hydrogen (secondary N) is 2. The Kier molecular flexibility index (Phi) is 6.89. The fourth-order valence-electron chi connectivity index (χ4n) is 6.71. The van der Waals surface area contributed by atoms with E-state index in [1.165, 1.54) is 0 Å². The van der Waals surface area contributed by atoms with Crippen molar-refractivity contribution in [2.75, 3.05) is 0 Å². The van der Waals surface area contributed by atoms with Crippen molar-refractivity contribution in [2.45, 2.75) is 5.54 Å². The molecule has 1 amide bonds. The number of aromatic amines is 1. The first-order chi connectivity index (χ1) is 23.2. The van der Waals surface area contributed by atoms with Gasteiger partial charge in [-0.1, -0.05) is 121 Å². The second-order valence-corrected chi connectivity index (χ2v) is 11.3. The van der Waals surface area contributed by atoms with E-state index in [0.717, 1.165) is 50.0 Å². The van der Waals surface area contributed by atoms with Crippen LogP contribution in [0.3, 0.4) is 0 Å². The molecule has 0 aliphatic heterocycles. The molecule has 0 unspecified atom stereocenters. The standard InChI is InChI=1S/C39H29N7O/c40-44-38(47)37-42-31-25-32-34(33(36(31)43-37)26-13-5-1-6-14-26)35(27-21-23-41-24-22-27)45-46(32)39(28-15-7-2-8-16-28,29-17-9-3-10-18-29)30-19-11-4-12-20-30/h1-25,45H,40H2,(H,44,47). The molecule has 0 bridgehead atoms. The van der Waals surface area contributed by atoms with Crippen molar-refractivity contribution in [1.82, 2.24) is 30.2 Å². The number of hydrazine groups is 1. The highest BCUT2D eigenvalue weighted by Crippen LogP contribution is 2.47. The molecule has 0 saturated carbocycles. The SMILES string of the molecule is NNC(=O)c1nc2cc3c(c(-c4ccncc4)[nH]n3C(c3ccccc3)(c3ccccc3)c3ccccc3)c(-c3ccccc3)c2n1. The van der Waals surface area contributed by atoms with Crippen molar-refractivity contribution >= 4 is 27.8 Å². The van der Waals surface area contributed by atoms with Crippen molar-refractivity contribution in [3.63, 3.8) is 0 Å². The number of H-pyrrole nitrogens is 1. The first-order valence-electron chi connectivity index (χ1n) is 15.3. The number of nitrogen functional groups attached to an aromatic ring is 1. The first kappa shape index (κ1) is 28.1. The Morgan fingerprint density at radius 3 is 1.74 bits per heavy atom. The Balaban J connectivity index is 1.62. The number of rotatable bonds is 7. The van der Waals surface area contributed by atoms with E-state index in [9.17, 15) is 4.79 Å². The van der Waals surface area contributed by atoms with Crippen LogP contribution in [0, 0.1) is 0 Å². The van der Waals surface area contributed by atoms with Crippen LogP contribution in [0.5, 0.6) is 0 Å². The molecule has 0 aliphatic rings. The van der Waals surface area contributed by atoms with Gasteiger partial charge < -0.3 is 0 Å². The topological polar surface area (TPSA) is 115 Å². The van der Waals surface area contributed by atoms with E-state index in [1.807, 2.05) is 54.6 Å². The highest BCUT2D eigenvalue weighted by Gasteiger charge is 2.41. The van der Waals surface area contributed by atoms with Crippen molar-refractivity contribution in [3.8, 4) is 22.4 Å². The van der Waals surface area contributed by atoms with E-state index in [-0.39, 0.29) is 5.82 Å². The zero-order valence-corrected chi connectivity index (χ0v) is 25.2. The van der Waals surface area contributed by atoms with Crippen LogP contribution < -0.4 is 11.3 Å². The number of carbonyl (C=O) groups excluding carboxylic acids is 1. The van der Waals surface area contributed by atoms with Gasteiger partial charge in [-0.05, 0) is 40.5 Å². The van der Waals surface area contributed by atoms with Gasteiger partial charge in [0.1, 0.15) is 11.1 Å². The van der Waals surface area contributed by atoms with E-state index < -0.39 is 11.4 Å². The molecule has 0 saturated heterocycles. The molecular weight excluding hydrogens is 582 g/mol. The van der Waals surface area contributed by atoms with Crippen LogP contribution >= 0.6 is 0 Å². The highest BCUT2D eigenvalue weighted by molar-refractivity contribution is 6.15. The van der Waals surface area contributed by atoms with Gasteiger partial charge in [-0.15, -0.1) is 0 Å². The molecule has 0 atom stereocenters. The Hall–Kier alpha value is -6.38. The Morgan fingerprint density at radius 2 is 1.21 bits per heavy atom. The van der Waals surface area contributed by atoms with Crippen molar-refractivity contribution in [3.05, 3.63) is 174 Å². The minimum absolute atomic E-state index is 0.00812. The fraction of sp³-hybridized carbons (Fsp3) is 0.0256. The summed E-state index contributed by atoms with van der Waals surface area (Å²) in [7, 11) is 0. The normalized spacial score (nSPS) is 11.6. The number of aromatic nitrogens is 5. The molecule has 0 spiro atoms. The maximum atomic E-state index is 12.8. The smallest absolute Gasteiger partial charge is 0.296 e. The zero-order chi connectivity index (χ0) is 31.8. The number of fused-ring (bicyclic) bond motifs is 2. The van der Waals surface area contributed by atoms with Gasteiger partial charge in [-0.2, -0.15) is 0 Å². The highest BCUT2D eigenvalue weighted by atomic mass is 16.2. The summed E-state index contributed by atoms with van der Waals surface area (Å²) in [6.45, 7) is 0. The molecule has 8 heteroatoms. The quantitative estimate of drug-likeness (QED) is 0.0771. The van der Waals surface area contributed by atoms with Gasteiger partial charge in [-0.3, -0.25) is 25.0 Å². The van der Waals surface area contributed by atoms with Gasteiger partial charge in [0.25, 0.3) is 0 Å². The summed E-state index contributed by atoms with van der Waals surface area (Å²) in [5, 5.41) is 4.83. The van der Waals surface area contributed by atoms with Gasteiger partial charge in [-0.25, -0.2) is 15.8 Å². The maximum absolute atomic E-state index is 12.8. The molecule has 4 N–H and O–H groups in total. The second kappa shape index (κ2) is 11.5. The van der Waals surface area contributed by atoms with Gasteiger partial charge in [0.15, 0.2) is 0 Å². The molecule has 8 nitrogen and oxygen atoms in total. The average molecular weight is 612 g/mol. The number of pyridine rings is 1. The van der Waals surface area contributed by atoms with E-state index in [4.69, 9.17) is 15.8 Å². The van der Waals surface area contributed by atoms with E-state index in [2.05, 4.69) is 105 Å². The number of hydrogen-bond donors (Lipinski definition) is 3. The summed E-state index contributed by atoms with van der Waals surface area (Å²) in [4.78, 5) is 26.5. The van der Waals surface area contributed by atoms with Crippen LogP contribution in [-0.4, -0.2) is 30.6 Å². The molecule has 8 rings (SSSR count). The van der Waals surface area contributed by atoms with Crippen molar-refractivity contribution in [2.24, 2.45) is 5.84 Å². The number of nitrogens with two attached hydrogens (primary N) is 1. The molecule has 3 heterocycles. The number of imidazole rings is 1. The van der Waals surface area contributed by atoms with Crippen LogP contribution in [0.2, 0.25) is 0 Å². The number of carbonyl (C=O) groups is 1. The molecule has 8 aromatic rings. The minimum Gasteiger partial charge on any atom is -0.296 e. The van der Waals surface area contributed by atoms with Gasteiger partial charge in [0.05, 0.1) is 16.7 Å². The van der Waals surface area contributed by atoms with Crippen LogP contribution in [0.15, 0.2) is 152 Å². The van der Waals surface area contributed by atoms with Crippen LogP contribution in [0.4, 0.5) is 0 Å². The van der Waals surface area contributed by atoms with Gasteiger partial charge in [0, 0.05) is 28.9 Å². The molecule has 226 valence electrons. The molecule has 0 radical (unpaired) electrons. The van der Waals surface area contributed by atoms with Crippen LogP contribution in [0.25, 0.3) is 44.3 Å². The number of nitrogens with zero attached hydrogens (tertiary/aromatic N) is 4. The Morgan fingerprint density at radius 1 is 0.681 bits per heavy atom. The molecule has 0 aliphatic carbocycles. The summed E-state index contributed by atoms with van der Waals surface area (Å²) in [6, 6.07) is 47.6. The summed E-state index contributed by atoms with van der Waals surface area (Å²) < 4.78 is 2.24. The monoisotopic (exact) mass is 611 g/mol. The van der Waals surface area contributed by atoms with Crippen molar-refractivity contribution < 1.29 is 4.79 Å². The summed E-state index contributed by atoms with van der Waals surface area (Å²) >= 11 is 0. The van der Waals surface area contributed by atoms with E-state index in [1.54, 1.807) is 12.4 Å². The van der Waals surface area contributed by atoms with E-state index >= 15 is 0 Å². The fourth-order valence-corrected chi connectivity index (χ4v) is 6.71. The number of benzene rings is 5. The third kappa shape index (κ3) is 4.50. The number of amides is 1. The maximum Gasteiger partial charge on any atom is 0.302 e. The molecule has 0 fully saturated rings. The molecular formula is C39H29N7O. The first-order valence-corrected chi connectivity index (χ1v) is 15.3. The number of hydrogen-bond acceptors (Lipinski definition) is 5. The molecule has 47 heavy (non-hydrogen) atoms. The average Bonchev–Trinajstić information content (AvgIpc) is 3.75. The molecule has 3 aromatic heterocycles. The largest absolute Gasteiger partial charge is 0.302 e. The van der Waals surface area contributed by atoms with Gasteiger partial charge in [0.2, 0.25) is 5.82 Å². The molecule has 5 aromatic carbocycles. The predicted octanol–water partition coefficient (Wildman–Crippen LogP) is 7.09. The lowest BCUT2D eigenvalue weighted by molar-refractivity contribution is 0.0944. The lowest BCUT2D eigenvalue weighted by Crippen LogP contribution is -2.38. The van der Waals surface area contributed by atoms with Crippen LogP contribution in [-0.2, 0) is 5.54 Å². The summed E-state index contributed by atoms with van der Waals surface area (Å²) in [5.41, 5.74) is 10.2. The van der Waals surface area contributed by atoms with Gasteiger partial charge >= 0.3 is 5.91 Å². The second-order valence-electron chi connectivity index (χ2n) is 11.3.